The molecule has 6 nitrogen and oxygen atoms in total. The number of carbonyl (C=O) groups is 1. The Balaban J connectivity index is 2.37. The third kappa shape index (κ3) is 6.99. The number of aliphatic hydroxyl groups is 1. The standard InChI is InChI=1S/C23H35N3O3S/c1-15(2)26(11-10-16(3)27)20-12-18(21-17(4)25-14-30-21)8-9-19(20)13-24-22(28)29-23(5,6)7/h8-9,12,14-16,27H,10-11,13H2,1-7H3,(H,24,28). The van der Waals surface area contributed by atoms with Gasteiger partial charge < -0.3 is 20.1 Å². The van der Waals surface area contributed by atoms with Crippen LogP contribution in [0.3, 0.4) is 0 Å². The normalized spacial score (nSPS) is 12.7. The first-order chi connectivity index (χ1) is 14.0. The summed E-state index contributed by atoms with van der Waals surface area (Å²) in [7, 11) is 0. The number of aliphatic hydroxyl groups excluding tert-OH is 1. The fourth-order valence-electron chi connectivity index (χ4n) is 3.17. The smallest absolute Gasteiger partial charge is 0.407 e. The number of anilines is 1. The summed E-state index contributed by atoms with van der Waals surface area (Å²) >= 11 is 1.62. The molecule has 1 amide bonds. The molecule has 0 bridgehead atoms. The van der Waals surface area contributed by atoms with Crippen molar-refractivity contribution >= 4 is 23.1 Å². The van der Waals surface area contributed by atoms with Crippen LogP contribution >= 0.6 is 11.3 Å². The van der Waals surface area contributed by atoms with E-state index in [1.165, 1.54) is 0 Å². The number of ether oxygens (including phenoxy) is 1. The van der Waals surface area contributed by atoms with Crippen LogP contribution in [-0.4, -0.2) is 40.5 Å². The quantitative estimate of drug-likeness (QED) is 0.604. The second kappa shape index (κ2) is 10.3. The number of aryl methyl sites for hydroxylation is 1. The fraction of sp³-hybridized carbons (Fsp3) is 0.565. The molecule has 1 aromatic heterocycles. The minimum atomic E-state index is -0.540. The monoisotopic (exact) mass is 433 g/mol. The van der Waals surface area contributed by atoms with Crippen molar-refractivity contribution in [1.82, 2.24) is 10.3 Å². The maximum Gasteiger partial charge on any atom is 0.407 e. The molecule has 7 heteroatoms. The lowest BCUT2D eigenvalue weighted by molar-refractivity contribution is 0.0523. The van der Waals surface area contributed by atoms with Crippen molar-refractivity contribution in [2.75, 3.05) is 11.4 Å². The highest BCUT2D eigenvalue weighted by atomic mass is 32.1. The Kier molecular flexibility index (Phi) is 8.26. The van der Waals surface area contributed by atoms with Crippen molar-refractivity contribution in [3.8, 4) is 10.4 Å². The highest BCUT2D eigenvalue weighted by Crippen LogP contribution is 2.33. The molecular weight excluding hydrogens is 398 g/mol. The number of amides is 1. The number of hydrogen-bond acceptors (Lipinski definition) is 6. The zero-order valence-electron chi connectivity index (χ0n) is 19.2. The van der Waals surface area contributed by atoms with E-state index in [0.717, 1.165) is 33.9 Å². The molecule has 1 atom stereocenters. The minimum absolute atomic E-state index is 0.238. The molecule has 0 saturated carbocycles. The van der Waals surface area contributed by atoms with Crippen LogP contribution in [-0.2, 0) is 11.3 Å². The van der Waals surface area contributed by atoms with Crippen LogP contribution in [0.2, 0.25) is 0 Å². The molecule has 0 saturated heterocycles. The molecule has 1 aromatic carbocycles. The van der Waals surface area contributed by atoms with Crippen LogP contribution in [0, 0.1) is 6.92 Å². The molecule has 0 aliphatic carbocycles. The molecule has 0 aliphatic rings. The summed E-state index contributed by atoms with van der Waals surface area (Å²) in [6, 6.07) is 6.53. The molecule has 2 N–H and O–H groups in total. The third-order valence-electron chi connectivity index (χ3n) is 4.64. The molecule has 0 aliphatic heterocycles. The summed E-state index contributed by atoms with van der Waals surface area (Å²) in [6.07, 6.45) is -0.140. The Morgan fingerprint density at radius 1 is 1.30 bits per heavy atom. The second-order valence-electron chi connectivity index (χ2n) is 8.89. The van der Waals surface area contributed by atoms with Gasteiger partial charge in [0.1, 0.15) is 5.60 Å². The molecule has 1 unspecified atom stereocenters. The van der Waals surface area contributed by atoms with E-state index in [2.05, 4.69) is 47.2 Å². The van der Waals surface area contributed by atoms with E-state index in [4.69, 9.17) is 4.74 Å². The van der Waals surface area contributed by atoms with Gasteiger partial charge in [0.25, 0.3) is 0 Å². The number of thiazole rings is 1. The molecule has 30 heavy (non-hydrogen) atoms. The van der Waals surface area contributed by atoms with Crippen molar-refractivity contribution in [3.05, 3.63) is 35.0 Å². The molecule has 1 heterocycles. The Bertz CT molecular complexity index is 840. The van der Waals surface area contributed by atoms with Gasteiger partial charge >= 0.3 is 6.09 Å². The van der Waals surface area contributed by atoms with Gasteiger partial charge in [-0.1, -0.05) is 12.1 Å². The van der Waals surface area contributed by atoms with Gasteiger partial charge in [-0.3, -0.25) is 0 Å². The first-order valence-electron chi connectivity index (χ1n) is 10.4. The SMILES string of the molecule is Cc1ncsc1-c1ccc(CNC(=O)OC(C)(C)C)c(N(CCC(C)O)C(C)C)c1. The first-order valence-corrected chi connectivity index (χ1v) is 11.3. The zero-order chi connectivity index (χ0) is 22.5. The molecular formula is C23H35N3O3S. The van der Waals surface area contributed by atoms with E-state index in [-0.39, 0.29) is 12.1 Å². The Morgan fingerprint density at radius 2 is 2.00 bits per heavy atom. The number of nitrogens with one attached hydrogen (secondary N) is 1. The molecule has 166 valence electrons. The maximum atomic E-state index is 12.2. The van der Waals surface area contributed by atoms with Gasteiger partial charge in [0, 0.05) is 24.8 Å². The summed E-state index contributed by atoms with van der Waals surface area (Å²) in [5, 5.41) is 12.7. The van der Waals surface area contributed by atoms with Gasteiger partial charge in [0.05, 0.1) is 22.2 Å². The lowest BCUT2D eigenvalue weighted by Crippen LogP contribution is -2.35. The van der Waals surface area contributed by atoms with Crippen LogP contribution in [0.5, 0.6) is 0 Å². The zero-order valence-corrected chi connectivity index (χ0v) is 20.0. The average molecular weight is 434 g/mol. The number of benzene rings is 1. The van der Waals surface area contributed by atoms with Crippen molar-refractivity contribution in [2.24, 2.45) is 0 Å². The lowest BCUT2D eigenvalue weighted by atomic mass is 10.0. The summed E-state index contributed by atoms with van der Waals surface area (Å²) in [5.41, 5.74) is 5.48. The fourth-order valence-corrected chi connectivity index (χ4v) is 3.97. The molecule has 0 radical (unpaired) electrons. The van der Waals surface area contributed by atoms with Gasteiger partial charge in [0.15, 0.2) is 0 Å². The third-order valence-corrected chi connectivity index (χ3v) is 5.61. The number of carbonyl (C=O) groups excluding carboxylic acids is 1. The van der Waals surface area contributed by atoms with Crippen molar-refractivity contribution < 1.29 is 14.6 Å². The topological polar surface area (TPSA) is 74.7 Å². The molecule has 2 rings (SSSR count). The number of aromatic nitrogens is 1. The Labute approximate surface area is 184 Å². The largest absolute Gasteiger partial charge is 0.444 e. The minimum Gasteiger partial charge on any atom is -0.444 e. The molecule has 0 fully saturated rings. The Hall–Kier alpha value is -2.12. The van der Waals surface area contributed by atoms with Crippen LogP contribution in [0.1, 0.15) is 59.2 Å². The highest BCUT2D eigenvalue weighted by Gasteiger charge is 2.20. The number of alkyl carbamates (subject to hydrolysis) is 1. The summed E-state index contributed by atoms with van der Waals surface area (Å²) < 4.78 is 5.38. The van der Waals surface area contributed by atoms with Crippen LogP contribution in [0.15, 0.2) is 23.7 Å². The van der Waals surface area contributed by atoms with Gasteiger partial charge in [-0.25, -0.2) is 9.78 Å². The van der Waals surface area contributed by atoms with E-state index in [1.54, 1.807) is 18.3 Å². The maximum absolute atomic E-state index is 12.2. The van der Waals surface area contributed by atoms with Gasteiger partial charge in [0.2, 0.25) is 0 Å². The number of rotatable bonds is 8. The number of hydrogen-bond donors (Lipinski definition) is 2. The predicted octanol–water partition coefficient (Wildman–Crippen LogP) is 5.13. The van der Waals surface area contributed by atoms with E-state index in [0.29, 0.717) is 13.0 Å². The number of nitrogens with zero attached hydrogens (tertiary/aromatic N) is 2. The Morgan fingerprint density at radius 3 is 2.53 bits per heavy atom. The summed E-state index contributed by atoms with van der Waals surface area (Å²) in [5.74, 6) is 0. The van der Waals surface area contributed by atoms with Gasteiger partial charge in [-0.05, 0) is 72.1 Å². The van der Waals surface area contributed by atoms with Crippen molar-refractivity contribution in [1.29, 1.82) is 0 Å². The second-order valence-corrected chi connectivity index (χ2v) is 9.75. The van der Waals surface area contributed by atoms with Crippen LogP contribution < -0.4 is 10.2 Å². The lowest BCUT2D eigenvalue weighted by Gasteiger charge is -2.32. The summed E-state index contributed by atoms with van der Waals surface area (Å²) in [6.45, 7) is 14.7. The van der Waals surface area contributed by atoms with Crippen molar-refractivity contribution in [2.45, 2.75) is 79.2 Å². The summed E-state index contributed by atoms with van der Waals surface area (Å²) in [4.78, 5) is 20.0. The average Bonchev–Trinajstić information content (AvgIpc) is 3.04. The molecule has 2 aromatic rings. The highest BCUT2D eigenvalue weighted by molar-refractivity contribution is 7.13. The predicted molar refractivity (Wildman–Crippen MR) is 124 cm³/mol. The first kappa shape index (κ1) is 24.2. The molecule has 0 spiro atoms. The van der Waals surface area contributed by atoms with E-state index < -0.39 is 11.7 Å². The van der Waals surface area contributed by atoms with E-state index in [9.17, 15) is 9.90 Å². The van der Waals surface area contributed by atoms with Gasteiger partial charge in [-0.15, -0.1) is 11.3 Å². The van der Waals surface area contributed by atoms with Crippen molar-refractivity contribution in [3.63, 3.8) is 0 Å². The van der Waals surface area contributed by atoms with E-state index >= 15 is 0 Å². The van der Waals surface area contributed by atoms with Gasteiger partial charge in [-0.2, -0.15) is 0 Å². The van der Waals surface area contributed by atoms with Crippen LogP contribution in [0.25, 0.3) is 10.4 Å². The van der Waals surface area contributed by atoms with E-state index in [1.807, 2.05) is 33.2 Å². The van der Waals surface area contributed by atoms with Crippen LogP contribution in [0.4, 0.5) is 10.5 Å².